The zero-order valence-corrected chi connectivity index (χ0v) is 16.5. The molecule has 3 nitrogen and oxygen atoms in total. The fourth-order valence-corrected chi connectivity index (χ4v) is 3.63. The molecule has 0 radical (unpaired) electrons. The number of halogens is 4. The summed E-state index contributed by atoms with van der Waals surface area (Å²) in [5.74, 6) is -0.120. The summed E-state index contributed by atoms with van der Waals surface area (Å²) in [4.78, 5) is 16.4. The Bertz CT molecular complexity index is 1090. The molecule has 0 unspecified atom stereocenters. The first-order valence-corrected chi connectivity index (χ1v) is 10.0. The average molecular weight is 428 g/mol. The van der Waals surface area contributed by atoms with Gasteiger partial charge in [0.25, 0.3) is 0 Å². The van der Waals surface area contributed by atoms with Gasteiger partial charge in [0.15, 0.2) is 0 Å². The molecule has 1 aromatic heterocycles. The van der Waals surface area contributed by atoms with Crippen LogP contribution in [-0.4, -0.2) is 10.9 Å². The second-order valence-electron chi connectivity index (χ2n) is 7.72. The molecule has 0 atom stereocenters. The van der Waals surface area contributed by atoms with Gasteiger partial charge in [-0.15, -0.1) is 0 Å². The molecule has 1 aliphatic rings. The summed E-state index contributed by atoms with van der Waals surface area (Å²) in [6, 6.07) is 13.1. The number of benzene rings is 2. The van der Waals surface area contributed by atoms with Crippen LogP contribution in [0.25, 0.3) is 11.1 Å². The van der Waals surface area contributed by atoms with Gasteiger partial charge in [-0.1, -0.05) is 36.8 Å². The van der Waals surface area contributed by atoms with E-state index in [0.717, 1.165) is 37.0 Å². The standard InChI is InChI=1S/C24H20F4N2O/c25-21-13-17(7-9-20(21)16-4-2-5-16)18-8-10-22(29-14-18)30-23(31)12-15-3-1-6-19(11-15)24(26,27)28/h1,3,6-11,13-14,16H,2,4-5,12H2,(H,29,30,31). The number of rotatable bonds is 5. The number of pyridine rings is 1. The molecule has 1 amide bonds. The number of nitrogens with zero attached hydrogens (tertiary/aromatic N) is 1. The zero-order valence-electron chi connectivity index (χ0n) is 16.5. The first kappa shape index (κ1) is 21.0. The molecule has 4 rings (SSSR count). The Kier molecular flexibility index (Phi) is 5.76. The molecule has 0 aliphatic heterocycles. The lowest BCUT2D eigenvalue weighted by molar-refractivity contribution is -0.137. The van der Waals surface area contributed by atoms with Crippen molar-refractivity contribution in [3.63, 3.8) is 0 Å². The van der Waals surface area contributed by atoms with Gasteiger partial charge in [-0.2, -0.15) is 13.2 Å². The van der Waals surface area contributed by atoms with Gasteiger partial charge in [0.05, 0.1) is 12.0 Å². The summed E-state index contributed by atoms with van der Waals surface area (Å²) in [6.07, 6.45) is 0.0362. The average Bonchev–Trinajstić information content (AvgIpc) is 2.68. The Morgan fingerprint density at radius 1 is 1.03 bits per heavy atom. The lowest BCUT2D eigenvalue weighted by Gasteiger charge is -2.26. The predicted octanol–water partition coefficient (Wildman–Crippen LogP) is 6.36. The molecule has 3 aromatic rings. The number of hydrogen-bond acceptors (Lipinski definition) is 2. The third-order valence-corrected chi connectivity index (χ3v) is 5.53. The smallest absolute Gasteiger partial charge is 0.310 e. The molecule has 1 fully saturated rings. The van der Waals surface area contributed by atoms with E-state index in [9.17, 15) is 22.4 Å². The highest BCUT2D eigenvalue weighted by atomic mass is 19.4. The van der Waals surface area contributed by atoms with E-state index in [2.05, 4.69) is 10.3 Å². The highest BCUT2D eigenvalue weighted by molar-refractivity contribution is 5.91. The Morgan fingerprint density at radius 3 is 2.42 bits per heavy atom. The van der Waals surface area contributed by atoms with Crippen LogP contribution in [0.2, 0.25) is 0 Å². The molecular formula is C24H20F4N2O. The number of nitrogens with one attached hydrogen (secondary N) is 1. The third-order valence-electron chi connectivity index (χ3n) is 5.53. The maximum absolute atomic E-state index is 14.4. The van der Waals surface area contributed by atoms with Crippen LogP contribution in [0.1, 0.15) is 41.9 Å². The molecule has 0 bridgehead atoms. The number of anilines is 1. The van der Waals surface area contributed by atoms with Crippen LogP contribution < -0.4 is 5.32 Å². The molecule has 2 aromatic carbocycles. The van der Waals surface area contributed by atoms with Gasteiger partial charge in [-0.3, -0.25) is 4.79 Å². The van der Waals surface area contributed by atoms with E-state index in [-0.39, 0.29) is 23.6 Å². The number of alkyl halides is 3. The van der Waals surface area contributed by atoms with Crippen LogP contribution >= 0.6 is 0 Å². The van der Waals surface area contributed by atoms with Crippen molar-refractivity contribution in [2.45, 2.75) is 37.8 Å². The van der Waals surface area contributed by atoms with E-state index in [1.807, 2.05) is 12.1 Å². The van der Waals surface area contributed by atoms with Crippen molar-refractivity contribution in [2.75, 3.05) is 5.32 Å². The van der Waals surface area contributed by atoms with Crippen molar-refractivity contribution in [1.29, 1.82) is 0 Å². The predicted molar refractivity (Wildman–Crippen MR) is 110 cm³/mol. The normalized spacial score (nSPS) is 14.2. The summed E-state index contributed by atoms with van der Waals surface area (Å²) in [7, 11) is 0. The third kappa shape index (κ3) is 4.93. The fourth-order valence-electron chi connectivity index (χ4n) is 3.63. The van der Waals surface area contributed by atoms with Crippen molar-refractivity contribution in [3.05, 3.63) is 83.3 Å². The van der Waals surface area contributed by atoms with Crippen LogP contribution in [-0.2, 0) is 17.4 Å². The van der Waals surface area contributed by atoms with Gasteiger partial charge in [-0.05, 0) is 59.7 Å². The van der Waals surface area contributed by atoms with Crippen LogP contribution in [0, 0.1) is 5.82 Å². The first-order chi connectivity index (χ1) is 14.8. The Hall–Kier alpha value is -3.22. The van der Waals surface area contributed by atoms with E-state index < -0.39 is 17.6 Å². The van der Waals surface area contributed by atoms with Gasteiger partial charge in [0.2, 0.25) is 5.91 Å². The summed E-state index contributed by atoms with van der Waals surface area (Å²) in [5, 5.41) is 2.57. The van der Waals surface area contributed by atoms with Crippen molar-refractivity contribution >= 4 is 11.7 Å². The topological polar surface area (TPSA) is 42.0 Å². The summed E-state index contributed by atoms with van der Waals surface area (Å²) in [5.41, 5.74) is 1.60. The van der Waals surface area contributed by atoms with Crippen molar-refractivity contribution < 1.29 is 22.4 Å². The number of carbonyl (C=O) groups excluding carboxylic acids is 1. The Morgan fingerprint density at radius 2 is 1.81 bits per heavy atom. The number of aromatic nitrogens is 1. The number of hydrogen-bond donors (Lipinski definition) is 1. The van der Waals surface area contributed by atoms with Gasteiger partial charge >= 0.3 is 6.18 Å². The minimum atomic E-state index is -4.46. The molecule has 0 spiro atoms. The molecule has 1 N–H and O–H groups in total. The number of carbonyl (C=O) groups is 1. The van der Waals surface area contributed by atoms with E-state index in [1.54, 1.807) is 12.1 Å². The minimum absolute atomic E-state index is 0.207. The van der Waals surface area contributed by atoms with Crippen molar-refractivity contribution in [1.82, 2.24) is 4.98 Å². The minimum Gasteiger partial charge on any atom is -0.310 e. The zero-order chi connectivity index (χ0) is 22.0. The lowest BCUT2D eigenvalue weighted by Crippen LogP contribution is -2.16. The quantitative estimate of drug-likeness (QED) is 0.481. The van der Waals surface area contributed by atoms with Gasteiger partial charge in [-0.25, -0.2) is 9.37 Å². The molecule has 1 saturated carbocycles. The lowest BCUT2D eigenvalue weighted by atomic mass is 9.79. The maximum Gasteiger partial charge on any atom is 0.416 e. The van der Waals surface area contributed by atoms with Crippen LogP contribution in [0.5, 0.6) is 0 Å². The largest absolute Gasteiger partial charge is 0.416 e. The van der Waals surface area contributed by atoms with Gasteiger partial charge in [0, 0.05) is 11.8 Å². The fraction of sp³-hybridized carbons (Fsp3) is 0.250. The molecule has 31 heavy (non-hydrogen) atoms. The maximum atomic E-state index is 14.4. The molecule has 160 valence electrons. The Labute approximate surface area is 177 Å². The van der Waals surface area contributed by atoms with Crippen LogP contribution in [0.15, 0.2) is 60.8 Å². The van der Waals surface area contributed by atoms with Gasteiger partial charge in [0.1, 0.15) is 11.6 Å². The second kappa shape index (κ2) is 8.49. The van der Waals surface area contributed by atoms with E-state index in [0.29, 0.717) is 17.0 Å². The molecule has 1 heterocycles. The summed E-state index contributed by atoms with van der Waals surface area (Å²) in [6.45, 7) is 0. The number of amides is 1. The molecular weight excluding hydrogens is 408 g/mol. The van der Waals surface area contributed by atoms with E-state index in [1.165, 1.54) is 24.4 Å². The van der Waals surface area contributed by atoms with Gasteiger partial charge < -0.3 is 5.32 Å². The SMILES string of the molecule is O=C(Cc1cccc(C(F)(F)F)c1)Nc1ccc(-c2ccc(C3CCC3)c(F)c2)cn1. The van der Waals surface area contributed by atoms with E-state index >= 15 is 0 Å². The van der Waals surface area contributed by atoms with Crippen molar-refractivity contribution in [3.8, 4) is 11.1 Å². The van der Waals surface area contributed by atoms with Crippen LogP contribution in [0.3, 0.4) is 0 Å². The summed E-state index contributed by atoms with van der Waals surface area (Å²) >= 11 is 0. The highest BCUT2D eigenvalue weighted by Crippen LogP contribution is 2.38. The molecule has 1 aliphatic carbocycles. The Balaban J connectivity index is 1.40. The van der Waals surface area contributed by atoms with Crippen molar-refractivity contribution in [2.24, 2.45) is 0 Å². The monoisotopic (exact) mass is 428 g/mol. The second-order valence-corrected chi connectivity index (χ2v) is 7.72. The molecule has 0 saturated heterocycles. The summed E-state index contributed by atoms with van der Waals surface area (Å²) < 4.78 is 52.8. The van der Waals surface area contributed by atoms with E-state index in [4.69, 9.17) is 0 Å². The highest BCUT2D eigenvalue weighted by Gasteiger charge is 2.30. The van der Waals surface area contributed by atoms with Crippen LogP contribution in [0.4, 0.5) is 23.4 Å². The first-order valence-electron chi connectivity index (χ1n) is 10.0. The molecule has 7 heteroatoms.